The normalized spacial score (nSPS) is 10.3. The molecule has 0 spiro atoms. The van der Waals surface area contributed by atoms with Crippen molar-refractivity contribution in [2.24, 2.45) is 0 Å². The summed E-state index contributed by atoms with van der Waals surface area (Å²) in [5.74, 6) is -0.212. The van der Waals surface area contributed by atoms with Gasteiger partial charge in [0.25, 0.3) is 0 Å². The predicted octanol–water partition coefficient (Wildman–Crippen LogP) is 3.00. The summed E-state index contributed by atoms with van der Waals surface area (Å²) in [6.07, 6.45) is 0. The largest absolute Gasteiger partial charge is 0.462 e. The highest BCUT2D eigenvalue weighted by molar-refractivity contribution is 7.20. The van der Waals surface area contributed by atoms with Crippen molar-refractivity contribution in [3.63, 3.8) is 0 Å². The van der Waals surface area contributed by atoms with Crippen LogP contribution >= 0.6 is 11.3 Å². The summed E-state index contributed by atoms with van der Waals surface area (Å²) in [6, 6.07) is 7.03. The molecule has 0 unspecified atom stereocenters. The first kappa shape index (κ1) is 12.6. The smallest absolute Gasteiger partial charge is 0.348 e. The Balaban J connectivity index is 2.33. The van der Waals surface area contributed by atoms with E-state index in [1.807, 2.05) is 6.07 Å². The van der Waals surface area contributed by atoms with E-state index in [4.69, 9.17) is 9.47 Å². The van der Waals surface area contributed by atoms with E-state index in [2.05, 4.69) is 0 Å². The molecule has 5 heteroatoms. The van der Waals surface area contributed by atoms with Crippen molar-refractivity contribution in [2.45, 2.75) is 13.8 Å². The second kappa shape index (κ2) is 5.18. The molecule has 2 aromatic rings. The fourth-order valence-electron chi connectivity index (χ4n) is 1.54. The predicted molar refractivity (Wildman–Crippen MR) is 69.1 cm³/mol. The molecule has 0 fully saturated rings. The van der Waals surface area contributed by atoms with Crippen LogP contribution in [0.3, 0.4) is 0 Å². The van der Waals surface area contributed by atoms with E-state index in [1.54, 1.807) is 25.1 Å². The fraction of sp³-hybridized carbons (Fsp3) is 0.231. The molecule has 1 aromatic heterocycles. The van der Waals surface area contributed by atoms with Crippen molar-refractivity contribution in [3.8, 4) is 5.75 Å². The zero-order valence-electron chi connectivity index (χ0n) is 10.1. The van der Waals surface area contributed by atoms with Crippen molar-refractivity contribution >= 4 is 33.4 Å². The molecule has 0 N–H and O–H groups in total. The second-order valence-electron chi connectivity index (χ2n) is 3.62. The SMILES string of the molecule is CCOC(=O)c1cc2ccc(OC(C)=O)cc2s1. The number of fused-ring (bicyclic) bond motifs is 1. The minimum absolute atomic E-state index is 0.326. The first-order valence-electron chi connectivity index (χ1n) is 5.49. The number of ether oxygens (including phenoxy) is 2. The standard InChI is InChI=1S/C13H12O4S/c1-3-16-13(15)12-6-9-4-5-10(17-8(2)14)7-11(9)18-12/h4-7H,3H2,1-2H3. The highest BCUT2D eigenvalue weighted by atomic mass is 32.1. The zero-order chi connectivity index (χ0) is 13.1. The van der Waals surface area contributed by atoms with E-state index in [9.17, 15) is 9.59 Å². The van der Waals surface area contributed by atoms with Gasteiger partial charge in [-0.3, -0.25) is 4.79 Å². The van der Waals surface area contributed by atoms with E-state index in [-0.39, 0.29) is 11.9 Å². The molecule has 1 aromatic carbocycles. The first-order valence-corrected chi connectivity index (χ1v) is 6.31. The van der Waals surface area contributed by atoms with Gasteiger partial charge in [-0.15, -0.1) is 11.3 Å². The number of rotatable bonds is 3. The minimum atomic E-state index is -0.364. The van der Waals surface area contributed by atoms with Gasteiger partial charge < -0.3 is 9.47 Å². The van der Waals surface area contributed by atoms with Crippen molar-refractivity contribution in [1.82, 2.24) is 0 Å². The topological polar surface area (TPSA) is 52.6 Å². The summed E-state index contributed by atoms with van der Waals surface area (Å²) < 4.78 is 10.8. The van der Waals surface area contributed by atoms with Crippen LogP contribution in [0.5, 0.6) is 5.75 Å². The van der Waals surface area contributed by atoms with Crippen LogP contribution < -0.4 is 4.74 Å². The number of carbonyl (C=O) groups excluding carboxylic acids is 2. The summed E-state index contributed by atoms with van der Waals surface area (Å²) >= 11 is 1.32. The maximum atomic E-state index is 11.6. The molecule has 2 rings (SSSR count). The monoisotopic (exact) mass is 264 g/mol. The molecule has 94 valence electrons. The van der Waals surface area contributed by atoms with Gasteiger partial charge in [-0.05, 0) is 36.6 Å². The molecule has 1 heterocycles. The lowest BCUT2D eigenvalue weighted by molar-refractivity contribution is -0.131. The first-order chi connectivity index (χ1) is 8.60. The van der Waals surface area contributed by atoms with Crippen molar-refractivity contribution in [3.05, 3.63) is 29.1 Å². The Bertz CT molecular complexity index is 600. The van der Waals surface area contributed by atoms with Crippen LogP contribution in [0.4, 0.5) is 0 Å². The zero-order valence-corrected chi connectivity index (χ0v) is 10.9. The molecule has 0 atom stereocenters. The van der Waals surface area contributed by atoms with E-state index in [1.165, 1.54) is 18.3 Å². The van der Waals surface area contributed by atoms with Gasteiger partial charge in [0.05, 0.1) is 6.61 Å². The third-order valence-electron chi connectivity index (χ3n) is 2.23. The summed E-state index contributed by atoms with van der Waals surface area (Å²) in [6.45, 7) is 3.47. The average Bonchev–Trinajstić information content (AvgIpc) is 2.71. The summed E-state index contributed by atoms with van der Waals surface area (Å²) in [5.41, 5.74) is 0. The second-order valence-corrected chi connectivity index (χ2v) is 4.71. The molecule has 0 radical (unpaired) electrons. The van der Waals surface area contributed by atoms with E-state index in [0.29, 0.717) is 17.2 Å². The van der Waals surface area contributed by atoms with Gasteiger partial charge in [0.15, 0.2) is 0 Å². The van der Waals surface area contributed by atoms with Crippen LogP contribution in [0.2, 0.25) is 0 Å². The fourth-order valence-corrected chi connectivity index (χ4v) is 2.53. The maximum absolute atomic E-state index is 11.6. The minimum Gasteiger partial charge on any atom is -0.462 e. The van der Waals surface area contributed by atoms with Crippen molar-refractivity contribution in [2.75, 3.05) is 6.61 Å². The van der Waals surface area contributed by atoms with Gasteiger partial charge in [-0.2, -0.15) is 0 Å². The Morgan fingerprint density at radius 1 is 1.28 bits per heavy atom. The lowest BCUT2D eigenvalue weighted by atomic mass is 10.2. The highest BCUT2D eigenvalue weighted by Crippen LogP contribution is 2.29. The Kier molecular flexibility index (Phi) is 3.62. The molecular formula is C13H12O4S. The molecule has 4 nitrogen and oxygen atoms in total. The molecule has 0 aliphatic heterocycles. The van der Waals surface area contributed by atoms with E-state index in [0.717, 1.165) is 10.1 Å². The molecule has 0 aliphatic rings. The Morgan fingerprint density at radius 3 is 2.72 bits per heavy atom. The molecular weight excluding hydrogens is 252 g/mol. The Hall–Kier alpha value is -1.88. The van der Waals surface area contributed by atoms with Crippen LogP contribution in [-0.2, 0) is 9.53 Å². The van der Waals surface area contributed by atoms with E-state index < -0.39 is 0 Å². The third kappa shape index (κ3) is 2.68. The number of carbonyl (C=O) groups is 2. The number of hydrogen-bond donors (Lipinski definition) is 0. The van der Waals surface area contributed by atoms with Crippen LogP contribution in [0.15, 0.2) is 24.3 Å². The number of esters is 2. The van der Waals surface area contributed by atoms with Crippen LogP contribution in [0.1, 0.15) is 23.5 Å². The van der Waals surface area contributed by atoms with Gasteiger partial charge in [-0.25, -0.2) is 4.79 Å². The molecule has 0 aliphatic carbocycles. The van der Waals surface area contributed by atoms with Crippen LogP contribution in [-0.4, -0.2) is 18.5 Å². The number of thiophene rings is 1. The molecule has 0 amide bonds. The van der Waals surface area contributed by atoms with E-state index >= 15 is 0 Å². The summed E-state index contributed by atoms with van der Waals surface area (Å²) in [7, 11) is 0. The summed E-state index contributed by atoms with van der Waals surface area (Å²) in [5, 5.41) is 0.930. The average molecular weight is 264 g/mol. The van der Waals surface area contributed by atoms with Gasteiger partial charge in [0, 0.05) is 11.6 Å². The van der Waals surface area contributed by atoms with Gasteiger partial charge in [-0.1, -0.05) is 0 Å². The van der Waals surface area contributed by atoms with Gasteiger partial charge >= 0.3 is 11.9 Å². The lowest BCUT2D eigenvalue weighted by Crippen LogP contribution is -2.01. The highest BCUT2D eigenvalue weighted by Gasteiger charge is 2.11. The summed E-state index contributed by atoms with van der Waals surface area (Å²) in [4.78, 5) is 23.0. The van der Waals surface area contributed by atoms with Crippen LogP contribution in [0.25, 0.3) is 10.1 Å². The Morgan fingerprint density at radius 2 is 2.06 bits per heavy atom. The maximum Gasteiger partial charge on any atom is 0.348 e. The Labute approximate surface area is 108 Å². The number of benzene rings is 1. The van der Waals surface area contributed by atoms with Crippen molar-refractivity contribution < 1.29 is 19.1 Å². The quantitative estimate of drug-likeness (QED) is 0.631. The van der Waals surface area contributed by atoms with Gasteiger partial charge in [0.2, 0.25) is 0 Å². The van der Waals surface area contributed by atoms with Crippen LogP contribution in [0, 0.1) is 0 Å². The van der Waals surface area contributed by atoms with Crippen molar-refractivity contribution in [1.29, 1.82) is 0 Å². The van der Waals surface area contributed by atoms with Gasteiger partial charge in [0.1, 0.15) is 10.6 Å². The third-order valence-corrected chi connectivity index (χ3v) is 3.31. The molecule has 0 saturated heterocycles. The molecule has 0 bridgehead atoms. The lowest BCUT2D eigenvalue weighted by Gasteiger charge is -1.99. The molecule has 0 saturated carbocycles. The molecule has 18 heavy (non-hydrogen) atoms. The number of hydrogen-bond acceptors (Lipinski definition) is 5.